The van der Waals surface area contributed by atoms with E-state index in [-0.39, 0.29) is 24.3 Å². The van der Waals surface area contributed by atoms with E-state index in [0.717, 1.165) is 24.2 Å². The topological polar surface area (TPSA) is 66.9 Å². The van der Waals surface area contributed by atoms with E-state index < -0.39 is 0 Å². The molecule has 1 aromatic carbocycles. The van der Waals surface area contributed by atoms with Gasteiger partial charge in [-0.25, -0.2) is 4.90 Å². The number of benzene rings is 1. The Morgan fingerprint density at radius 3 is 2.65 bits per heavy atom. The number of imide groups is 1. The third kappa shape index (κ3) is 3.46. The fourth-order valence-electron chi connectivity index (χ4n) is 2.78. The number of carbonyl (C=O) groups excluding carboxylic acids is 2. The lowest BCUT2D eigenvalue weighted by atomic mass is 10.2. The number of rotatable bonds is 5. The standard InChI is InChI=1S/C18H19N3O2/c1-13-5-7-15(8-6-13)21-17(22)12-16(18(21)23)20-11-9-14-4-2-3-10-19-14/h2-8,10,16,20H,9,11-12H2,1H3/p+1/t16-/m1/s1. The smallest absolute Gasteiger partial charge is 0.292 e. The Hall–Kier alpha value is -2.53. The van der Waals surface area contributed by atoms with Crippen LogP contribution >= 0.6 is 0 Å². The molecule has 1 fully saturated rings. The van der Waals surface area contributed by atoms with Gasteiger partial charge in [-0.2, -0.15) is 0 Å². The molecular formula is C18H20N3O2+. The molecule has 5 nitrogen and oxygen atoms in total. The molecule has 2 N–H and O–H groups in total. The molecule has 5 heteroatoms. The van der Waals surface area contributed by atoms with Gasteiger partial charge in [0.05, 0.1) is 18.7 Å². The number of pyridine rings is 1. The van der Waals surface area contributed by atoms with Crippen LogP contribution in [0.3, 0.4) is 0 Å². The molecule has 1 aliphatic rings. The molecule has 1 aromatic heterocycles. The zero-order valence-electron chi connectivity index (χ0n) is 13.1. The summed E-state index contributed by atoms with van der Waals surface area (Å²) < 4.78 is 0. The van der Waals surface area contributed by atoms with Crippen molar-refractivity contribution in [3.8, 4) is 0 Å². The number of hydrogen-bond donors (Lipinski definition) is 1. The minimum Gasteiger partial charge on any atom is -0.335 e. The summed E-state index contributed by atoms with van der Waals surface area (Å²) >= 11 is 0. The van der Waals surface area contributed by atoms with E-state index in [1.165, 1.54) is 4.90 Å². The molecule has 2 aromatic rings. The first-order valence-electron chi connectivity index (χ1n) is 7.82. The molecule has 2 heterocycles. The Balaban J connectivity index is 1.61. The van der Waals surface area contributed by atoms with Crippen LogP contribution in [0.25, 0.3) is 0 Å². The lowest BCUT2D eigenvalue weighted by molar-refractivity contribution is -0.674. The number of carbonyl (C=O) groups is 2. The van der Waals surface area contributed by atoms with Gasteiger partial charge in [0.25, 0.3) is 5.91 Å². The number of nitrogens with two attached hydrogens (primary N) is 1. The lowest BCUT2D eigenvalue weighted by Gasteiger charge is -2.14. The van der Waals surface area contributed by atoms with Crippen LogP contribution in [-0.2, 0) is 16.0 Å². The minimum atomic E-state index is -0.326. The van der Waals surface area contributed by atoms with Crippen molar-refractivity contribution in [1.82, 2.24) is 4.98 Å². The average Bonchev–Trinajstić information content (AvgIpc) is 2.84. The van der Waals surface area contributed by atoms with Gasteiger partial charge in [-0.05, 0) is 31.2 Å². The van der Waals surface area contributed by atoms with Crippen LogP contribution in [0.1, 0.15) is 17.7 Å². The fourth-order valence-corrected chi connectivity index (χ4v) is 2.78. The van der Waals surface area contributed by atoms with Crippen LogP contribution in [0.2, 0.25) is 0 Å². The second-order valence-electron chi connectivity index (χ2n) is 5.81. The Morgan fingerprint density at radius 2 is 1.96 bits per heavy atom. The van der Waals surface area contributed by atoms with Crippen LogP contribution in [0.15, 0.2) is 48.7 Å². The highest BCUT2D eigenvalue weighted by atomic mass is 16.2. The monoisotopic (exact) mass is 310 g/mol. The van der Waals surface area contributed by atoms with Crippen molar-refractivity contribution in [1.29, 1.82) is 0 Å². The largest absolute Gasteiger partial charge is 0.335 e. The number of quaternary nitrogens is 1. The van der Waals surface area contributed by atoms with Gasteiger partial charge in [-0.15, -0.1) is 0 Å². The Labute approximate surface area is 135 Å². The van der Waals surface area contributed by atoms with E-state index in [4.69, 9.17) is 0 Å². The molecule has 1 aliphatic heterocycles. The summed E-state index contributed by atoms with van der Waals surface area (Å²) in [6.45, 7) is 2.72. The van der Waals surface area contributed by atoms with Crippen molar-refractivity contribution < 1.29 is 14.9 Å². The molecule has 0 aliphatic carbocycles. The molecule has 3 rings (SSSR count). The summed E-state index contributed by atoms with van der Waals surface area (Å²) in [6, 6.07) is 12.9. The highest BCUT2D eigenvalue weighted by Crippen LogP contribution is 2.21. The first-order valence-corrected chi connectivity index (χ1v) is 7.82. The quantitative estimate of drug-likeness (QED) is 0.832. The summed E-state index contributed by atoms with van der Waals surface area (Å²) in [5, 5.41) is 1.95. The first-order chi connectivity index (χ1) is 11.1. The number of nitrogens with zero attached hydrogens (tertiary/aromatic N) is 2. The van der Waals surface area contributed by atoms with Crippen molar-refractivity contribution in [2.45, 2.75) is 25.8 Å². The highest BCUT2D eigenvalue weighted by molar-refractivity contribution is 6.21. The molecule has 2 amide bonds. The molecule has 118 valence electrons. The molecule has 0 spiro atoms. The number of amides is 2. The van der Waals surface area contributed by atoms with Crippen molar-refractivity contribution in [2.75, 3.05) is 11.4 Å². The van der Waals surface area contributed by atoms with E-state index in [0.29, 0.717) is 5.69 Å². The van der Waals surface area contributed by atoms with Crippen LogP contribution < -0.4 is 10.2 Å². The third-order valence-corrected chi connectivity index (χ3v) is 4.05. The van der Waals surface area contributed by atoms with Crippen molar-refractivity contribution in [2.24, 2.45) is 0 Å². The second kappa shape index (κ2) is 6.71. The molecule has 1 atom stereocenters. The number of anilines is 1. The van der Waals surface area contributed by atoms with Gasteiger partial charge < -0.3 is 5.32 Å². The molecule has 0 radical (unpaired) electrons. The van der Waals surface area contributed by atoms with Crippen molar-refractivity contribution in [3.63, 3.8) is 0 Å². The fraction of sp³-hybridized carbons (Fsp3) is 0.278. The number of aryl methyl sites for hydroxylation is 1. The SMILES string of the molecule is Cc1ccc(N2C(=O)C[C@@H]([NH2+]CCc3ccccn3)C2=O)cc1. The maximum atomic E-state index is 12.5. The lowest BCUT2D eigenvalue weighted by Crippen LogP contribution is -2.92. The van der Waals surface area contributed by atoms with Gasteiger partial charge in [0.2, 0.25) is 5.91 Å². The zero-order chi connectivity index (χ0) is 16.2. The predicted octanol–water partition coefficient (Wildman–Crippen LogP) is 0.828. The minimum absolute atomic E-state index is 0.125. The molecule has 0 unspecified atom stereocenters. The number of hydrogen-bond acceptors (Lipinski definition) is 3. The van der Waals surface area contributed by atoms with Crippen LogP contribution in [0, 0.1) is 6.92 Å². The maximum absolute atomic E-state index is 12.5. The summed E-state index contributed by atoms with van der Waals surface area (Å²) in [7, 11) is 0. The van der Waals surface area contributed by atoms with Crippen molar-refractivity contribution in [3.05, 3.63) is 59.9 Å². The molecule has 0 saturated carbocycles. The Kier molecular flexibility index (Phi) is 4.48. The average molecular weight is 310 g/mol. The highest BCUT2D eigenvalue weighted by Gasteiger charge is 2.41. The molecule has 0 bridgehead atoms. The predicted molar refractivity (Wildman–Crippen MR) is 86.8 cm³/mol. The van der Waals surface area contributed by atoms with E-state index in [9.17, 15) is 9.59 Å². The number of aromatic nitrogens is 1. The van der Waals surface area contributed by atoms with Crippen molar-refractivity contribution >= 4 is 17.5 Å². The molecule has 23 heavy (non-hydrogen) atoms. The summed E-state index contributed by atoms with van der Waals surface area (Å²) in [6.07, 6.45) is 2.80. The van der Waals surface area contributed by atoms with Gasteiger partial charge in [-0.1, -0.05) is 23.8 Å². The maximum Gasteiger partial charge on any atom is 0.292 e. The first kappa shape index (κ1) is 15.4. The van der Waals surface area contributed by atoms with Gasteiger partial charge in [-0.3, -0.25) is 14.6 Å². The summed E-state index contributed by atoms with van der Waals surface area (Å²) in [5.41, 5.74) is 2.76. The van der Waals surface area contributed by atoms with E-state index in [1.807, 2.05) is 54.7 Å². The summed E-state index contributed by atoms with van der Waals surface area (Å²) in [5.74, 6) is -0.252. The Bertz CT molecular complexity index is 698. The van der Waals surface area contributed by atoms with E-state index in [2.05, 4.69) is 4.98 Å². The summed E-state index contributed by atoms with van der Waals surface area (Å²) in [4.78, 5) is 30.3. The van der Waals surface area contributed by atoms with Crippen LogP contribution in [0.5, 0.6) is 0 Å². The van der Waals surface area contributed by atoms with Gasteiger partial charge >= 0.3 is 0 Å². The Morgan fingerprint density at radius 1 is 1.17 bits per heavy atom. The molecular weight excluding hydrogens is 290 g/mol. The van der Waals surface area contributed by atoms with Gasteiger partial charge in [0.1, 0.15) is 0 Å². The van der Waals surface area contributed by atoms with Crippen LogP contribution in [-0.4, -0.2) is 29.4 Å². The van der Waals surface area contributed by atoms with E-state index in [1.54, 1.807) is 6.20 Å². The zero-order valence-corrected chi connectivity index (χ0v) is 13.1. The van der Waals surface area contributed by atoms with Crippen LogP contribution in [0.4, 0.5) is 5.69 Å². The second-order valence-corrected chi connectivity index (χ2v) is 5.81. The molecule has 1 saturated heterocycles. The van der Waals surface area contributed by atoms with E-state index >= 15 is 0 Å². The van der Waals surface area contributed by atoms with Gasteiger partial charge in [0, 0.05) is 18.3 Å². The van der Waals surface area contributed by atoms with Gasteiger partial charge in [0.15, 0.2) is 6.04 Å². The third-order valence-electron chi connectivity index (χ3n) is 4.05. The normalized spacial score (nSPS) is 17.8.